The molecule has 0 aliphatic carbocycles. The van der Waals surface area contributed by atoms with Crippen LogP contribution in [0.1, 0.15) is 40.5 Å². The lowest BCUT2D eigenvalue weighted by molar-refractivity contribution is -0.163. The molecule has 1 unspecified atom stereocenters. The third-order valence-electron chi connectivity index (χ3n) is 3.38. The zero-order valence-corrected chi connectivity index (χ0v) is 13.5. The summed E-state index contributed by atoms with van der Waals surface area (Å²) in [4.78, 5) is 37.7. The summed E-state index contributed by atoms with van der Waals surface area (Å²) in [5.74, 6) is -1.17. The largest absolute Gasteiger partial charge is 0.465 e. The molecule has 22 heavy (non-hydrogen) atoms. The molecule has 1 heterocycles. The number of carbonyl (C=O) groups excluding carboxylic acids is 3. The lowest BCUT2D eigenvalue weighted by Gasteiger charge is -2.37. The maximum atomic E-state index is 12.4. The summed E-state index contributed by atoms with van der Waals surface area (Å²) in [6.07, 6.45) is -0.778. The molecule has 1 atom stereocenters. The van der Waals surface area contributed by atoms with Gasteiger partial charge in [0.1, 0.15) is 11.0 Å². The second-order valence-corrected chi connectivity index (χ2v) is 6.21. The van der Waals surface area contributed by atoms with Gasteiger partial charge in [-0.15, -0.1) is 0 Å². The summed E-state index contributed by atoms with van der Waals surface area (Å²) in [7, 11) is 0. The van der Waals surface area contributed by atoms with E-state index in [4.69, 9.17) is 14.7 Å². The van der Waals surface area contributed by atoms with Crippen LogP contribution in [0, 0.1) is 16.7 Å². The van der Waals surface area contributed by atoms with Crippen molar-refractivity contribution < 1.29 is 23.9 Å². The molecule has 7 nitrogen and oxygen atoms in total. The average Bonchev–Trinajstić information content (AvgIpc) is 2.39. The highest BCUT2D eigenvalue weighted by molar-refractivity contribution is 6.06. The van der Waals surface area contributed by atoms with E-state index < -0.39 is 28.9 Å². The number of amides is 1. The van der Waals surface area contributed by atoms with Crippen molar-refractivity contribution in [3.05, 3.63) is 0 Å². The molecule has 0 aromatic heterocycles. The highest BCUT2D eigenvalue weighted by Gasteiger charge is 2.50. The fourth-order valence-electron chi connectivity index (χ4n) is 2.23. The summed E-state index contributed by atoms with van der Waals surface area (Å²) in [5, 5.41) is 8.93. The van der Waals surface area contributed by atoms with Crippen LogP contribution < -0.4 is 0 Å². The molecule has 1 amide bonds. The standard InChI is InChI=1S/C15H22N2O5/c1-5-21-12(19)15(6-8-16)7-9-17(10-11(15)18)13(20)22-14(2,3)4/h5-7,9-10H2,1-4H3. The van der Waals surface area contributed by atoms with Crippen molar-refractivity contribution in [1.29, 1.82) is 5.26 Å². The number of likely N-dealkylation sites (tertiary alicyclic amines) is 1. The Morgan fingerprint density at radius 3 is 2.50 bits per heavy atom. The monoisotopic (exact) mass is 310 g/mol. The number of nitriles is 1. The van der Waals surface area contributed by atoms with Crippen LogP contribution in [-0.4, -0.2) is 48.0 Å². The highest BCUT2D eigenvalue weighted by atomic mass is 16.6. The van der Waals surface area contributed by atoms with Crippen molar-refractivity contribution in [3.63, 3.8) is 0 Å². The third-order valence-corrected chi connectivity index (χ3v) is 3.38. The van der Waals surface area contributed by atoms with E-state index in [1.165, 1.54) is 4.90 Å². The molecule has 0 spiro atoms. The zero-order valence-electron chi connectivity index (χ0n) is 13.5. The van der Waals surface area contributed by atoms with Gasteiger partial charge in [-0.25, -0.2) is 4.79 Å². The molecule has 0 radical (unpaired) electrons. The first-order valence-electron chi connectivity index (χ1n) is 7.21. The normalized spacial score (nSPS) is 22.0. The smallest absolute Gasteiger partial charge is 0.410 e. The van der Waals surface area contributed by atoms with E-state index in [9.17, 15) is 14.4 Å². The maximum Gasteiger partial charge on any atom is 0.410 e. The minimum absolute atomic E-state index is 0.0669. The Morgan fingerprint density at radius 1 is 1.41 bits per heavy atom. The number of Topliss-reactive ketones (excluding diaryl/α,β-unsaturated/α-hetero) is 1. The number of hydrogen-bond donors (Lipinski definition) is 0. The van der Waals surface area contributed by atoms with Crippen LogP contribution in [0.15, 0.2) is 0 Å². The van der Waals surface area contributed by atoms with Crippen LogP contribution in [0.4, 0.5) is 4.79 Å². The van der Waals surface area contributed by atoms with Crippen LogP contribution >= 0.6 is 0 Å². The fourth-order valence-corrected chi connectivity index (χ4v) is 2.23. The molecule has 0 saturated carbocycles. The van der Waals surface area contributed by atoms with E-state index in [0.717, 1.165) is 0 Å². The minimum Gasteiger partial charge on any atom is -0.465 e. The van der Waals surface area contributed by atoms with E-state index in [-0.39, 0.29) is 32.5 Å². The summed E-state index contributed by atoms with van der Waals surface area (Å²) in [5.41, 5.74) is -2.13. The van der Waals surface area contributed by atoms with Crippen molar-refractivity contribution >= 4 is 17.8 Å². The Bertz CT molecular complexity index is 503. The quantitative estimate of drug-likeness (QED) is 0.581. The van der Waals surface area contributed by atoms with Gasteiger partial charge in [0.2, 0.25) is 0 Å². The van der Waals surface area contributed by atoms with Gasteiger partial charge in [-0.3, -0.25) is 9.59 Å². The summed E-state index contributed by atoms with van der Waals surface area (Å²) in [6.45, 7) is 6.88. The Hall–Kier alpha value is -2.10. The first-order chi connectivity index (χ1) is 10.2. The molecule has 122 valence electrons. The predicted octanol–water partition coefficient (Wildman–Crippen LogP) is 1.66. The number of nitrogens with zero attached hydrogens (tertiary/aromatic N) is 2. The topological polar surface area (TPSA) is 96.7 Å². The zero-order chi connectivity index (χ0) is 17.0. The number of ketones is 1. The van der Waals surface area contributed by atoms with Gasteiger partial charge in [0.15, 0.2) is 5.78 Å². The van der Waals surface area contributed by atoms with Crippen LogP contribution in [0.25, 0.3) is 0 Å². The van der Waals surface area contributed by atoms with E-state index in [1.807, 2.05) is 6.07 Å². The first kappa shape index (κ1) is 18.0. The molecule has 7 heteroatoms. The Labute approximate surface area is 130 Å². The van der Waals surface area contributed by atoms with Crippen molar-refractivity contribution in [3.8, 4) is 6.07 Å². The molecule has 0 aromatic carbocycles. The van der Waals surface area contributed by atoms with Gasteiger partial charge in [0, 0.05) is 6.54 Å². The molecular formula is C15H22N2O5. The predicted molar refractivity (Wildman–Crippen MR) is 76.7 cm³/mol. The molecule has 1 aliphatic heterocycles. The molecule has 1 aliphatic rings. The molecule has 0 N–H and O–H groups in total. The molecule has 1 rings (SSSR count). The van der Waals surface area contributed by atoms with Crippen LogP contribution in [0.2, 0.25) is 0 Å². The van der Waals surface area contributed by atoms with Gasteiger partial charge in [0.05, 0.1) is 25.6 Å². The molecule has 0 aromatic rings. The number of rotatable bonds is 3. The van der Waals surface area contributed by atoms with Gasteiger partial charge < -0.3 is 14.4 Å². The lowest BCUT2D eigenvalue weighted by atomic mass is 9.75. The first-order valence-corrected chi connectivity index (χ1v) is 7.21. The Balaban J connectivity index is 2.87. The van der Waals surface area contributed by atoms with E-state index in [2.05, 4.69) is 0 Å². The van der Waals surface area contributed by atoms with Gasteiger partial charge in [0.25, 0.3) is 0 Å². The van der Waals surface area contributed by atoms with Crippen LogP contribution in [0.3, 0.4) is 0 Å². The Kier molecular flexibility index (Phi) is 5.53. The maximum absolute atomic E-state index is 12.4. The number of ether oxygens (including phenoxy) is 2. The third kappa shape index (κ3) is 3.97. The number of hydrogen-bond acceptors (Lipinski definition) is 6. The van der Waals surface area contributed by atoms with Crippen molar-refractivity contribution in [2.45, 2.75) is 46.1 Å². The van der Waals surface area contributed by atoms with Gasteiger partial charge in [-0.05, 0) is 34.1 Å². The number of piperidine rings is 1. The average molecular weight is 310 g/mol. The molecular weight excluding hydrogens is 288 g/mol. The van der Waals surface area contributed by atoms with E-state index in [1.54, 1.807) is 27.7 Å². The van der Waals surface area contributed by atoms with E-state index >= 15 is 0 Å². The van der Waals surface area contributed by atoms with Crippen molar-refractivity contribution in [2.24, 2.45) is 5.41 Å². The summed E-state index contributed by atoms with van der Waals surface area (Å²) >= 11 is 0. The molecule has 0 bridgehead atoms. The molecule has 1 fully saturated rings. The van der Waals surface area contributed by atoms with Crippen LogP contribution in [-0.2, 0) is 19.1 Å². The second-order valence-electron chi connectivity index (χ2n) is 6.21. The van der Waals surface area contributed by atoms with Gasteiger partial charge >= 0.3 is 12.1 Å². The van der Waals surface area contributed by atoms with Gasteiger partial charge in [-0.2, -0.15) is 5.26 Å². The SMILES string of the molecule is CCOC(=O)C1(CC#N)CCN(C(=O)OC(C)(C)C)CC1=O. The van der Waals surface area contributed by atoms with Gasteiger partial charge in [-0.1, -0.05) is 0 Å². The summed E-state index contributed by atoms with van der Waals surface area (Å²) < 4.78 is 10.2. The lowest BCUT2D eigenvalue weighted by Crippen LogP contribution is -2.54. The number of esters is 1. The summed E-state index contributed by atoms with van der Waals surface area (Å²) in [6, 6.07) is 1.87. The minimum atomic E-state index is -1.47. The van der Waals surface area contributed by atoms with Crippen molar-refractivity contribution in [1.82, 2.24) is 4.90 Å². The van der Waals surface area contributed by atoms with Crippen molar-refractivity contribution in [2.75, 3.05) is 19.7 Å². The van der Waals surface area contributed by atoms with E-state index in [0.29, 0.717) is 0 Å². The Morgan fingerprint density at radius 2 is 2.05 bits per heavy atom. The van der Waals surface area contributed by atoms with Crippen LogP contribution in [0.5, 0.6) is 0 Å². The highest BCUT2D eigenvalue weighted by Crippen LogP contribution is 2.34. The fraction of sp³-hybridized carbons (Fsp3) is 0.733. The molecule has 1 saturated heterocycles. The number of carbonyl (C=O) groups is 3. The second kappa shape index (κ2) is 6.77.